The molecular weight excluding hydrogens is 180 g/mol. The summed E-state index contributed by atoms with van der Waals surface area (Å²) in [5, 5.41) is 3.37. The molecule has 0 radical (unpaired) electrons. The predicted molar refractivity (Wildman–Crippen MR) is 53.1 cm³/mol. The molecule has 0 aromatic carbocycles. The van der Waals surface area contributed by atoms with Gasteiger partial charge >= 0.3 is 6.09 Å². The minimum absolute atomic E-state index is 0.211. The Balaban J connectivity index is 1.67. The zero-order valence-corrected chi connectivity index (χ0v) is 8.29. The zero-order chi connectivity index (χ0) is 9.97. The van der Waals surface area contributed by atoms with E-state index in [1.165, 1.54) is 12.8 Å². The van der Waals surface area contributed by atoms with Gasteiger partial charge in [-0.1, -0.05) is 6.58 Å². The zero-order valence-electron chi connectivity index (χ0n) is 8.29. The number of amides is 1. The maximum absolute atomic E-state index is 11.1. The van der Waals surface area contributed by atoms with Crippen molar-refractivity contribution >= 4 is 6.09 Å². The minimum Gasteiger partial charge on any atom is -0.448 e. The fourth-order valence-electron chi connectivity index (χ4n) is 1.47. The van der Waals surface area contributed by atoms with Crippen molar-refractivity contribution in [3.05, 3.63) is 12.2 Å². The SMILES string of the molecule is C=C(CNC1CC1)CN1CCOC1=O. The van der Waals surface area contributed by atoms with Crippen LogP contribution in [0.5, 0.6) is 0 Å². The van der Waals surface area contributed by atoms with E-state index in [0.29, 0.717) is 25.7 Å². The Kier molecular flexibility index (Phi) is 2.72. The number of rotatable bonds is 5. The van der Waals surface area contributed by atoms with Crippen molar-refractivity contribution in [1.29, 1.82) is 0 Å². The maximum atomic E-state index is 11.1. The van der Waals surface area contributed by atoms with E-state index in [0.717, 1.165) is 12.1 Å². The number of hydrogen-bond donors (Lipinski definition) is 1. The Morgan fingerprint density at radius 1 is 1.64 bits per heavy atom. The molecule has 1 aliphatic heterocycles. The van der Waals surface area contributed by atoms with Crippen molar-refractivity contribution in [3.63, 3.8) is 0 Å². The van der Waals surface area contributed by atoms with Crippen LogP contribution in [0.15, 0.2) is 12.2 Å². The van der Waals surface area contributed by atoms with Crippen molar-refractivity contribution in [3.8, 4) is 0 Å². The summed E-state index contributed by atoms with van der Waals surface area (Å²) in [6.45, 7) is 6.59. The fourth-order valence-corrected chi connectivity index (χ4v) is 1.47. The molecule has 0 aromatic heterocycles. The molecule has 78 valence electrons. The summed E-state index contributed by atoms with van der Waals surface area (Å²) in [6.07, 6.45) is 2.34. The lowest BCUT2D eigenvalue weighted by Gasteiger charge is -2.14. The summed E-state index contributed by atoms with van der Waals surface area (Å²) in [5.74, 6) is 0. The highest BCUT2D eigenvalue weighted by Crippen LogP contribution is 2.18. The van der Waals surface area contributed by atoms with Gasteiger partial charge in [-0.25, -0.2) is 4.79 Å². The van der Waals surface area contributed by atoms with Gasteiger partial charge < -0.3 is 15.0 Å². The van der Waals surface area contributed by atoms with Crippen LogP contribution in [0.2, 0.25) is 0 Å². The van der Waals surface area contributed by atoms with Gasteiger partial charge in [0.1, 0.15) is 6.61 Å². The first kappa shape index (κ1) is 9.52. The number of carbonyl (C=O) groups excluding carboxylic acids is 1. The molecule has 14 heavy (non-hydrogen) atoms. The van der Waals surface area contributed by atoms with Crippen LogP contribution in [-0.4, -0.2) is 43.3 Å². The first-order chi connectivity index (χ1) is 6.75. The van der Waals surface area contributed by atoms with Gasteiger partial charge in [0, 0.05) is 19.1 Å². The van der Waals surface area contributed by atoms with E-state index in [1.807, 2.05) is 0 Å². The first-order valence-corrected chi connectivity index (χ1v) is 5.07. The molecule has 1 saturated heterocycles. The van der Waals surface area contributed by atoms with E-state index >= 15 is 0 Å². The third-order valence-electron chi connectivity index (χ3n) is 2.48. The number of cyclic esters (lactones) is 1. The highest BCUT2D eigenvalue weighted by atomic mass is 16.6. The summed E-state index contributed by atoms with van der Waals surface area (Å²) in [5.41, 5.74) is 1.05. The lowest BCUT2D eigenvalue weighted by atomic mass is 10.3. The standard InChI is InChI=1S/C10H16N2O2/c1-8(6-11-9-2-3-9)7-12-4-5-14-10(12)13/h9,11H,1-7H2. The van der Waals surface area contributed by atoms with Gasteiger partial charge in [-0.05, 0) is 18.4 Å². The Morgan fingerprint density at radius 2 is 2.43 bits per heavy atom. The van der Waals surface area contributed by atoms with E-state index in [2.05, 4.69) is 11.9 Å². The average Bonchev–Trinajstić information content (AvgIpc) is 2.90. The van der Waals surface area contributed by atoms with Gasteiger partial charge in [0.2, 0.25) is 0 Å². The molecule has 0 atom stereocenters. The molecular formula is C10H16N2O2. The van der Waals surface area contributed by atoms with Crippen molar-refractivity contribution < 1.29 is 9.53 Å². The molecule has 2 rings (SSSR count). The van der Waals surface area contributed by atoms with Gasteiger partial charge in [0.15, 0.2) is 0 Å². The molecule has 1 amide bonds. The number of hydrogen-bond acceptors (Lipinski definition) is 3. The summed E-state index contributed by atoms with van der Waals surface area (Å²) in [6, 6.07) is 0.692. The maximum Gasteiger partial charge on any atom is 0.410 e. The number of carbonyl (C=O) groups is 1. The van der Waals surface area contributed by atoms with Gasteiger partial charge in [0.25, 0.3) is 0 Å². The Morgan fingerprint density at radius 3 is 3.00 bits per heavy atom. The summed E-state index contributed by atoms with van der Waals surface area (Å²) in [4.78, 5) is 12.8. The largest absolute Gasteiger partial charge is 0.448 e. The van der Waals surface area contributed by atoms with Crippen LogP contribution in [0.1, 0.15) is 12.8 Å². The molecule has 1 heterocycles. The van der Waals surface area contributed by atoms with Crippen LogP contribution in [0.25, 0.3) is 0 Å². The van der Waals surface area contributed by atoms with Gasteiger partial charge in [-0.2, -0.15) is 0 Å². The smallest absolute Gasteiger partial charge is 0.410 e. The highest BCUT2D eigenvalue weighted by Gasteiger charge is 2.23. The Labute approximate surface area is 83.9 Å². The van der Waals surface area contributed by atoms with Gasteiger partial charge in [0.05, 0.1) is 6.54 Å². The van der Waals surface area contributed by atoms with E-state index < -0.39 is 0 Å². The van der Waals surface area contributed by atoms with E-state index in [-0.39, 0.29) is 6.09 Å². The first-order valence-electron chi connectivity index (χ1n) is 5.07. The molecule has 1 aliphatic carbocycles. The Bertz CT molecular complexity index is 249. The fraction of sp³-hybridized carbons (Fsp3) is 0.700. The van der Waals surface area contributed by atoms with Crippen molar-refractivity contribution in [1.82, 2.24) is 10.2 Å². The third kappa shape index (κ3) is 2.48. The van der Waals surface area contributed by atoms with Crippen molar-refractivity contribution in [2.75, 3.05) is 26.2 Å². The average molecular weight is 196 g/mol. The molecule has 0 spiro atoms. The molecule has 1 saturated carbocycles. The summed E-state index contributed by atoms with van der Waals surface area (Å²) < 4.78 is 4.83. The molecule has 1 N–H and O–H groups in total. The van der Waals surface area contributed by atoms with Crippen LogP contribution >= 0.6 is 0 Å². The van der Waals surface area contributed by atoms with E-state index in [4.69, 9.17) is 4.74 Å². The van der Waals surface area contributed by atoms with Crippen molar-refractivity contribution in [2.45, 2.75) is 18.9 Å². The molecule has 2 aliphatic rings. The van der Waals surface area contributed by atoms with Crippen LogP contribution < -0.4 is 5.32 Å². The summed E-state index contributed by atoms with van der Waals surface area (Å²) >= 11 is 0. The van der Waals surface area contributed by atoms with E-state index in [9.17, 15) is 4.79 Å². The predicted octanol–water partition coefficient (Wildman–Crippen LogP) is 0.747. The monoisotopic (exact) mass is 196 g/mol. The lowest BCUT2D eigenvalue weighted by Crippen LogP contribution is -2.30. The molecule has 4 nitrogen and oxygen atoms in total. The number of ether oxygens (including phenoxy) is 1. The highest BCUT2D eigenvalue weighted by molar-refractivity contribution is 5.69. The number of nitrogens with one attached hydrogen (secondary N) is 1. The van der Waals surface area contributed by atoms with Crippen molar-refractivity contribution in [2.24, 2.45) is 0 Å². The molecule has 0 aromatic rings. The molecule has 0 unspecified atom stereocenters. The van der Waals surface area contributed by atoms with E-state index in [1.54, 1.807) is 4.90 Å². The lowest BCUT2D eigenvalue weighted by molar-refractivity contribution is 0.160. The van der Waals surface area contributed by atoms with Crippen LogP contribution in [0, 0.1) is 0 Å². The number of nitrogens with zero attached hydrogens (tertiary/aromatic N) is 1. The normalized spacial score (nSPS) is 21.1. The van der Waals surface area contributed by atoms with Gasteiger partial charge in [-0.3, -0.25) is 0 Å². The topological polar surface area (TPSA) is 41.6 Å². The quantitative estimate of drug-likeness (QED) is 0.660. The van der Waals surface area contributed by atoms with Crippen LogP contribution in [0.3, 0.4) is 0 Å². The molecule has 2 fully saturated rings. The van der Waals surface area contributed by atoms with Gasteiger partial charge in [-0.15, -0.1) is 0 Å². The second kappa shape index (κ2) is 4.00. The second-order valence-corrected chi connectivity index (χ2v) is 3.94. The second-order valence-electron chi connectivity index (χ2n) is 3.94. The third-order valence-corrected chi connectivity index (χ3v) is 2.48. The Hall–Kier alpha value is -1.03. The molecule has 4 heteroatoms. The van der Waals surface area contributed by atoms with Crippen LogP contribution in [0.4, 0.5) is 4.79 Å². The molecule has 0 bridgehead atoms. The minimum atomic E-state index is -0.211. The summed E-state index contributed by atoms with van der Waals surface area (Å²) in [7, 11) is 0. The van der Waals surface area contributed by atoms with Crippen LogP contribution in [-0.2, 0) is 4.74 Å².